The topological polar surface area (TPSA) is 80.8 Å². The molecule has 2 heterocycles. The van der Waals surface area contributed by atoms with Crippen molar-refractivity contribution in [2.24, 2.45) is 0 Å². The summed E-state index contributed by atoms with van der Waals surface area (Å²) in [7, 11) is -2.03. The number of nitrogens with one attached hydrogen (secondary N) is 1. The number of rotatable bonds is 8. The number of piperidine rings is 1. The van der Waals surface area contributed by atoms with Crippen molar-refractivity contribution in [3.05, 3.63) is 69.0 Å². The Balaban J connectivity index is 1.52. The molecule has 1 amide bonds. The Bertz CT molecular complexity index is 1940. The Labute approximate surface area is 309 Å². The number of carbonyl (C=O) groups excluding carboxylic acids is 2. The summed E-state index contributed by atoms with van der Waals surface area (Å²) >= 11 is 20.0. The molecule has 4 aromatic rings. The van der Waals surface area contributed by atoms with Crippen molar-refractivity contribution in [2.75, 3.05) is 18.5 Å². The molecule has 268 valence electrons. The number of fused-ring (bicyclic) bond motifs is 2. The first-order valence-corrected chi connectivity index (χ1v) is 20.9. The second-order valence-electron chi connectivity index (χ2n) is 15.5. The lowest BCUT2D eigenvalue weighted by molar-refractivity contribution is 0.00624. The van der Waals surface area contributed by atoms with Crippen LogP contribution in [0.25, 0.3) is 32.8 Å². The van der Waals surface area contributed by atoms with Crippen LogP contribution in [0.1, 0.15) is 71.2 Å². The molecule has 1 saturated heterocycles. The summed E-state index contributed by atoms with van der Waals surface area (Å²) in [6, 6.07) is 12.1. The Morgan fingerprint density at radius 1 is 1.08 bits per heavy atom. The van der Waals surface area contributed by atoms with E-state index in [0.29, 0.717) is 65.7 Å². The monoisotopic (exact) mass is 759 g/mol. The van der Waals surface area contributed by atoms with Gasteiger partial charge in [0.25, 0.3) is 0 Å². The lowest BCUT2D eigenvalue weighted by atomic mass is 9.93. The van der Waals surface area contributed by atoms with E-state index >= 15 is 4.39 Å². The van der Waals surface area contributed by atoms with Crippen molar-refractivity contribution in [1.29, 1.82) is 0 Å². The Hall–Kier alpha value is -2.95. The van der Waals surface area contributed by atoms with Gasteiger partial charge >= 0.3 is 6.09 Å². The molecule has 1 fully saturated rings. The molecule has 0 bridgehead atoms. The van der Waals surface area contributed by atoms with Crippen LogP contribution in [0.4, 0.5) is 14.9 Å². The van der Waals surface area contributed by atoms with Crippen molar-refractivity contribution in [3.63, 3.8) is 0 Å². The molecule has 0 spiro atoms. The maximum absolute atomic E-state index is 16.7. The van der Waals surface area contributed by atoms with Crippen LogP contribution < -0.4 is 5.32 Å². The normalized spacial score (nSPS) is 17.3. The van der Waals surface area contributed by atoms with Crippen molar-refractivity contribution < 1.29 is 23.1 Å². The molecule has 0 radical (unpaired) electrons. The quantitative estimate of drug-likeness (QED) is 0.109. The van der Waals surface area contributed by atoms with E-state index in [1.54, 1.807) is 23.1 Å². The fourth-order valence-electron chi connectivity index (χ4n) is 6.22. The fraction of sp³-hybridized carbons (Fsp3) is 0.447. The summed E-state index contributed by atoms with van der Waals surface area (Å²) in [5.41, 5.74) is 0.408. The fourth-order valence-corrected chi connectivity index (χ4v) is 8.08. The zero-order chi connectivity index (χ0) is 36.8. The molecule has 1 aromatic heterocycles. The number of benzene rings is 3. The van der Waals surface area contributed by atoms with Crippen molar-refractivity contribution in [1.82, 2.24) is 9.88 Å². The molecule has 1 N–H and O–H groups in total. The van der Waals surface area contributed by atoms with E-state index in [-0.39, 0.29) is 50.0 Å². The molecule has 0 unspecified atom stereocenters. The van der Waals surface area contributed by atoms with Gasteiger partial charge in [0.1, 0.15) is 16.3 Å². The van der Waals surface area contributed by atoms with Gasteiger partial charge < -0.3 is 19.4 Å². The standard InChI is InChI=1S/C38H45Cl3FN3O4Si/c1-37(2,3)49-36(47)45-17-15-23(19-24(45)16-18-48-50(7,8)38(4,5)6)43-33-26-20-29(40)31(32(42)34(26)44-35(41)27(33)21-46)25-13-9-11-22-12-10-14-28(39)30(22)25/h9-14,20-21,23-24H,15-19H2,1-8H3,(H,43,44)/t23-,24+/m0/s1. The zero-order valence-electron chi connectivity index (χ0n) is 29.8. The van der Waals surface area contributed by atoms with Crippen LogP contribution in [0.3, 0.4) is 0 Å². The summed E-state index contributed by atoms with van der Waals surface area (Å²) in [6.45, 7) is 17.4. The largest absolute Gasteiger partial charge is 0.444 e. The molecular formula is C38H45Cl3FN3O4Si. The second kappa shape index (κ2) is 14.6. The maximum atomic E-state index is 16.7. The number of pyridine rings is 1. The highest BCUT2D eigenvalue weighted by Gasteiger charge is 2.39. The van der Waals surface area contributed by atoms with E-state index in [1.165, 1.54) is 0 Å². The van der Waals surface area contributed by atoms with E-state index in [1.807, 2.05) is 45.0 Å². The lowest BCUT2D eigenvalue weighted by Crippen LogP contribution is -2.51. The van der Waals surface area contributed by atoms with E-state index in [2.05, 4.69) is 44.2 Å². The first-order valence-electron chi connectivity index (χ1n) is 16.9. The molecule has 0 saturated carbocycles. The van der Waals surface area contributed by atoms with Gasteiger partial charge in [0.2, 0.25) is 0 Å². The SMILES string of the molecule is CC(C)(C)OC(=O)N1CC[C@H](Nc2c(C=O)c(Cl)nc3c(F)c(-c4cccc5cccc(Cl)c45)c(Cl)cc23)C[C@H]1CCO[Si](C)(C)C(C)(C)C. The summed E-state index contributed by atoms with van der Waals surface area (Å²) < 4.78 is 29.0. The Morgan fingerprint density at radius 2 is 1.76 bits per heavy atom. The Morgan fingerprint density at radius 3 is 2.40 bits per heavy atom. The third kappa shape index (κ3) is 7.92. The van der Waals surface area contributed by atoms with Crippen LogP contribution in [0.2, 0.25) is 33.3 Å². The van der Waals surface area contributed by atoms with Crippen LogP contribution >= 0.6 is 34.8 Å². The van der Waals surface area contributed by atoms with Gasteiger partial charge in [0.15, 0.2) is 20.4 Å². The summed E-state index contributed by atoms with van der Waals surface area (Å²) in [6.07, 6.45) is 1.90. The van der Waals surface area contributed by atoms with Crippen LogP contribution in [-0.2, 0) is 9.16 Å². The predicted molar refractivity (Wildman–Crippen MR) is 206 cm³/mol. The van der Waals surface area contributed by atoms with Gasteiger partial charge in [-0.15, -0.1) is 0 Å². The number of amides is 1. The molecule has 0 aliphatic carbocycles. The molecule has 12 heteroatoms. The number of likely N-dealkylation sites (tertiary alicyclic amines) is 1. The molecule has 7 nitrogen and oxygen atoms in total. The predicted octanol–water partition coefficient (Wildman–Crippen LogP) is 11.6. The highest BCUT2D eigenvalue weighted by atomic mass is 35.5. The lowest BCUT2D eigenvalue weighted by Gasteiger charge is -2.42. The third-order valence-corrected chi connectivity index (χ3v) is 15.3. The number of hydrogen-bond acceptors (Lipinski definition) is 6. The molecule has 50 heavy (non-hydrogen) atoms. The maximum Gasteiger partial charge on any atom is 0.410 e. The number of aromatic nitrogens is 1. The number of nitrogens with zero attached hydrogens (tertiary/aromatic N) is 2. The second-order valence-corrected chi connectivity index (χ2v) is 21.5. The number of carbonyl (C=O) groups is 2. The number of ether oxygens (including phenoxy) is 1. The van der Waals surface area contributed by atoms with E-state index in [0.717, 1.165) is 5.39 Å². The van der Waals surface area contributed by atoms with E-state index in [9.17, 15) is 9.59 Å². The average molecular weight is 761 g/mol. The van der Waals surface area contributed by atoms with Gasteiger partial charge in [-0.2, -0.15) is 0 Å². The van der Waals surface area contributed by atoms with Gasteiger partial charge in [-0.25, -0.2) is 14.2 Å². The molecule has 1 aliphatic heterocycles. The first kappa shape index (κ1) is 38.3. The summed E-state index contributed by atoms with van der Waals surface area (Å²) in [5.74, 6) is -0.678. The van der Waals surface area contributed by atoms with E-state index < -0.39 is 19.7 Å². The first-order chi connectivity index (χ1) is 23.3. The molecule has 2 atom stereocenters. The minimum absolute atomic E-state index is 0.0305. The smallest absolute Gasteiger partial charge is 0.410 e. The van der Waals surface area contributed by atoms with Crippen LogP contribution in [0, 0.1) is 5.82 Å². The van der Waals surface area contributed by atoms with Crippen molar-refractivity contribution in [2.45, 2.75) is 96.6 Å². The minimum atomic E-state index is -2.03. The van der Waals surface area contributed by atoms with Gasteiger partial charge in [-0.1, -0.05) is 85.9 Å². The average Bonchev–Trinajstić information content (AvgIpc) is 3.00. The Kier molecular flexibility index (Phi) is 11.2. The minimum Gasteiger partial charge on any atom is -0.444 e. The van der Waals surface area contributed by atoms with Crippen LogP contribution in [-0.4, -0.2) is 61.4 Å². The van der Waals surface area contributed by atoms with Crippen molar-refractivity contribution >= 4 is 82.9 Å². The van der Waals surface area contributed by atoms with Crippen molar-refractivity contribution in [3.8, 4) is 11.1 Å². The third-order valence-electron chi connectivity index (χ3n) is 9.82. The number of halogens is 4. The zero-order valence-corrected chi connectivity index (χ0v) is 33.1. The van der Waals surface area contributed by atoms with E-state index in [4.69, 9.17) is 44.0 Å². The van der Waals surface area contributed by atoms with Crippen LogP contribution in [0.15, 0.2) is 42.5 Å². The van der Waals surface area contributed by atoms with Gasteiger partial charge in [0.05, 0.1) is 16.3 Å². The molecule has 3 aromatic carbocycles. The highest BCUT2D eigenvalue weighted by molar-refractivity contribution is 6.74. The highest BCUT2D eigenvalue weighted by Crippen LogP contribution is 2.44. The summed E-state index contributed by atoms with van der Waals surface area (Å²) in [4.78, 5) is 31.9. The molecule has 1 aliphatic rings. The number of hydrogen-bond donors (Lipinski definition) is 1. The van der Waals surface area contributed by atoms with Crippen LogP contribution in [0.5, 0.6) is 0 Å². The molecule has 5 rings (SSSR count). The van der Waals surface area contributed by atoms with Gasteiger partial charge in [0, 0.05) is 46.6 Å². The van der Waals surface area contributed by atoms with Gasteiger partial charge in [-0.05, 0) is 81.2 Å². The number of anilines is 1. The van der Waals surface area contributed by atoms with Gasteiger partial charge in [-0.3, -0.25) is 4.79 Å². The summed E-state index contributed by atoms with van der Waals surface area (Å²) in [5, 5.41) is 5.80. The molecular weight excluding hydrogens is 716 g/mol. The number of aldehydes is 1.